The molecule has 0 saturated carbocycles. The molecule has 0 spiro atoms. The maximum absolute atomic E-state index is 11.8. The molecule has 2 amide bonds. The first-order valence-electron chi connectivity index (χ1n) is 6.76. The molecule has 22 heavy (non-hydrogen) atoms. The van der Waals surface area contributed by atoms with Gasteiger partial charge < -0.3 is 20.5 Å². The average Bonchev–Trinajstić information content (AvgIpc) is 2.51. The summed E-state index contributed by atoms with van der Waals surface area (Å²) < 4.78 is 5.07. The second-order valence-electron chi connectivity index (χ2n) is 4.73. The number of urea groups is 1. The zero-order valence-electron chi connectivity index (χ0n) is 12.5. The van der Waals surface area contributed by atoms with Gasteiger partial charge in [0.15, 0.2) is 0 Å². The quantitative estimate of drug-likeness (QED) is 0.757. The minimum absolute atomic E-state index is 0.0277. The second kappa shape index (κ2) is 7.17. The summed E-state index contributed by atoms with van der Waals surface area (Å²) in [5, 5.41) is 14.8. The monoisotopic (exact) mass is 298 g/mol. The van der Waals surface area contributed by atoms with Crippen molar-refractivity contribution in [2.45, 2.75) is 6.92 Å². The maximum atomic E-state index is 11.8. The highest BCUT2D eigenvalue weighted by atomic mass is 16.5. The van der Waals surface area contributed by atoms with Crippen LogP contribution >= 0.6 is 0 Å². The van der Waals surface area contributed by atoms with E-state index in [0.717, 1.165) is 16.9 Å². The van der Waals surface area contributed by atoms with Crippen LogP contribution in [0.1, 0.15) is 11.1 Å². The Balaban J connectivity index is 1.91. The van der Waals surface area contributed by atoms with Crippen LogP contribution in [0.3, 0.4) is 0 Å². The van der Waals surface area contributed by atoms with Crippen LogP contribution in [0.4, 0.5) is 10.5 Å². The molecule has 2 aromatic rings. The molecule has 5 nitrogen and oxygen atoms in total. The molecule has 0 aliphatic carbocycles. The molecule has 114 valence electrons. The van der Waals surface area contributed by atoms with E-state index in [1.807, 2.05) is 31.2 Å². The van der Waals surface area contributed by atoms with E-state index < -0.39 is 6.03 Å². The number of hydrogen-bond donors (Lipinski definition) is 3. The van der Waals surface area contributed by atoms with Gasteiger partial charge in [-0.2, -0.15) is 0 Å². The largest absolute Gasteiger partial charge is 0.506 e. The van der Waals surface area contributed by atoms with E-state index in [1.165, 1.54) is 12.3 Å². The Kier molecular flexibility index (Phi) is 5.03. The number of benzene rings is 2. The van der Waals surface area contributed by atoms with Crippen molar-refractivity contribution >= 4 is 17.8 Å². The number of anilines is 1. The fraction of sp³-hybridized carbons (Fsp3) is 0.118. The summed E-state index contributed by atoms with van der Waals surface area (Å²) in [5.74, 6) is 0.803. The van der Waals surface area contributed by atoms with Gasteiger partial charge in [0.05, 0.1) is 12.8 Å². The van der Waals surface area contributed by atoms with Crippen LogP contribution in [0, 0.1) is 6.92 Å². The van der Waals surface area contributed by atoms with Crippen molar-refractivity contribution in [1.82, 2.24) is 5.32 Å². The molecule has 0 unspecified atom stereocenters. The number of phenolic OH excluding ortho intramolecular Hbond substituents is 1. The lowest BCUT2D eigenvalue weighted by Crippen LogP contribution is -2.23. The van der Waals surface area contributed by atoms with E-state index in [9.17, 15) is 9.90 Å². The van der Waals surface area contributed by atoms with Gasteiger partial charge in [-0.05, 0) is 48.4 Å². The van der Waals surface area contributed by atoms with E-state index in [0.29, 0.717) is 5.69 Å². The minimum Gasteiger partial charge on any atom is -0.506 e. The Hall–Kier alpha value is -2.95. The van der Waals surface area contributed by atoms with Crippen molar-refractivity contribution in [2.75, 3.05) is 12.4 Å². The van der Waals surface area contributed by atoms with Crippen molar-refractivity contribution in [2.24, 2.45) is 0 Å². The number of amides is 2. The number of aromatic hydroxyl groups is 1. The van der Waals surface area contributed by atoms with Crippen molar-refractivity contribution < 1.29 is 14.6 Å². The standard InChI is InChI=1S/C17H18N2O3/c1-12-3-8-16(20)15(11-12)19-17(21)18-10-9-13-4-6-14(22-2)7-5-13/h3-11,20H,1-2H3,(H2,18,19,21)/b10-9+. The van der Waals surface area contributed by atoms with E-state index in [-0.39, 0.29) is 5.75 Å². The van der Waals surface area contributed by atoms with Gasteiger partial charge in [-0.3, -0.25) is 0 Å². The van der Waals surface area contributed by atoms with E-state index in [1.54, 1.807) is 25.3 Å². The van der Waals surface area contributed by atoms with Gasteiger partial charge in [-0.25, -0.2) is 4.79 Å². The zero-order chi connectivity index (χ0) is 15.9. The summed E-state index contributed by atoms with van der Waals surface area (Å²) >= 11 is 0. The molecule has 5 heteroatoms. The number of carbonyl (C=O) groups is 1. The van der Waals surface area contributed by atoms with E-state index in [2.05, 4.69) is 10.6 Å². The molecule has 2 rings (SSSR count). The second-order valence-corrected chi connectivity index (χ2v) is 4.73. The molecule has 0 aliphatic rings. The van der Waals surface area contributed by atoms with Crippen LogP contribution in [0.5, 0.6) is 11.5 Å². The fourth-order valence-electron chi connectivity index (χ4n) is 1.84. The number of phenols is 1. The van der Waals surface area contributed by atoms with Crippen molar-refractivity contribution in [3.8, 4) is 11.5 Å². The Bertz CT molecular complexity index is 679. The molecular formula is C17H18N2O3. The number of rotatable bonds is 4. The lowest BCUT2D eigenvalue weighted by molar-refractivity contribution is 0.255. The summed E-state index contributed by atoms with van der Waals surface area (Å²) in [6.07, 6.45) is 3.29. The third-order valence-corrected chi connectivity index (χ3v) is 3.01. The Morgan fingerprint density at radius 2 is 1.91 bits per heavy atom. The highest BCUT2D eigenvalue weighted by Gasteiger charge is 2.04. The van der Waals surface area contributed by atoms with Gasteiger partial charge in [0.1, 0.15) is 11.5 Å². The Labute approximate surface area is 129 Å². The minimum atomic E-state index is -0.425. The van der Waals surface area contributed by atoms with Gasteiger partial charge in [-0.1, -0.05) is 18.2 Å². The third-order valence-electron chi connectivity index (χ3n) is 3.01. The Morgan fingerprint density at radius 3 is 2.59 bits per heavy atom. The molecule has 0 fully saturated rings. The smallest absolute Gasteiger partial charge is 0.323 e. The van der Waals surface area contributed by atoms with Crippen LogP contribution in [-0.4, -0.2) is 18.2 Å². The van der Waals surface area contributed by atoms with Crippen LogP contribution in [0.25, 0.3) is 6.08 Å². The van der Waals surface area contributed by atoms with Gasteiger partial charge >= 0.3 is 6.03 Å². The highest BCUT2D eigenvalue weighted by molar-refractivity contribution is 5.91. The van der Waals surface area contributed by atoms with Crippen LogP contribution in [-0.2, 0) is 0 Å². The normalized spacial score (nSPS) is 10.5. The van der Waals surface area contributed by atoms with Crippen molar-refractivity contribution in [3.63, 3.8) is 0 Å². The fourth-order valence-corrected chi connectivity index (χ4v) is 1.84. The van der Waals surface area contributed by atoms with Gasteiger partial charge in [0.25, 0.3) is 0 Å². The first kappa shape index (κ1) is 15.4. The van der Waals surface area contributed by atoms with Crippen LogP contribution < -0.4 is 15.4 Å². The lowest BCUT2D eigenvalue weighted by Gasteiger charge is -2.07. The molecule has 0 saturated heterocycles. The first-order chi connectivity index (χ1) is 10.6. The molecule has 0 heterocycles. The molecule has 0 aromatic heterocycles. The molecule has 2 aromatic carbocycles. The van der Waals surface area contributed by atoms with E-state index >= 15 is 0 Å². The average molecular weight is 298 g/mol. The first-order valence-corrected chi connectivity index (χ1v) is 6.76. The number of carbonyl (C=O) groups excluding carboxylic acids is 1. The Morgan fingerprint density at radius 1 is 1.18 bits per heavy atom. The number of nitrogens with one attached hydrogen (secondary N) is 2. The number of methoxy groups -OCH3 is 1. The molecule has 3 N–H and O–H groups in total. The number of hydrogen-bond acceptors (Lipinski definition) is 3. The van der Waals surface area contributed by atoms with Crippen LogP contribution in [0.2, 0.25) is 0 Å². The summed E-state index contributed by atoms with van der Waals surface area (Å²) in [5.41, 5.74) is 2.25. The zero-order valence-corrected chi connectivity index (χ0v) is 12.5. The van der Waals surface area contributed by atoms with Gasteiger partial charge in [0, 0.05) is 6.20 Å². The molecule has 0 aliphatic heterocycles. The maximum Gasteiger partial charge on any atom is 0.323 e. The van der Waals surface area contributed by atoms with Crippen molar-refractivity contribution in [1.29, 1.82) is 0 Å². The summed E-state index contributed by atoms with van der Waals surface area (Å²) in [4.78, 5) is 11.8. The van der Waals surface area contributed by atoms with E-state index in [4.69, 9.17) is 4.74 Å². The van der Waals surface area contributed by atoms with Gasteiger partial charge in [-0.15, -0.1) is 0 Å². The molecule has 0 atom stereocenters. The number of aryl methyl sites for hydroxylation is 1. The highest BCUT2D eigenvalue weighted by Crippen LogP contribution is 2.23. The molecule has 0 radical (unpaired) electrons. The van der Waals surface area contributed by atoms with Crippen molar-refractivity contribution in [3.05, 3.63) is 59.8 Å². The summed E-state index contributed by atoms with van der Waals surface area (Å²) in [7, 11) is 1.61. The molecular weight excluding hydrogens is 280 g/mol. The predicted octanol–water partition coefficient (Wildman–Crippen LogP) is 3.50. The molecule has 0 bridgehead atoms. The lowest BCUT2D eigenvalue weighted by atomic mass is 10.2. The topological polar surface area (TPSA) is 70.6 Å². The third kappa shape index (κ3) is 4.28. The van der Waals surface area contributed by atoms with Gasteiger partial charge in [0.2, 0.25) is 0 Å². The summed E-state index contributed by atoms with van der Waals surface area (Å²) in [6.45, 7) is 1.88. The summed E-state index contributed by atoms with van der Waals surface area (Å²) in [6, 6.07) is 12.0. The predicted molar refractivity (Wildman–Crippen MR) is 87.0 cm³/mol. The van der Waals surface area contributed by atoms with Crippen LogP contribution in [0.15, 0.2) is 48.7 Å². The SMILES string of the molecule is COc1ccc(/C=C/NC(=O)Nc2cc(C)ccc2O)cc1. The number of ether oxygens (including phenoxy) is 1.